The topological polar surface area (TPSA) is 34.4 Å². The number of rotatable bonds is 3. The summed E-state index contributed by atoms with van der Waals surface area (Å²) in [4.78, 5) is 17.4. The number of para-hydroxylation sites is 1. The van der Waals surface area contributed by atoms with Gasteiger partial charge in [0.1, 0.15) is 6.54 Å². The molecule has 0 saturated carbocycles. The van der Waals surface area contributed by atoms with Gasteiger partial charge in [-0.25, -0.2) is 0 Å². The number of ketones is 1. The fourth-order valence-corrected chi connectivity index (χ4v) is 3.10. The van der Waals surface area contributed by atoms with Crippen LogP contribution in [0, 0.1) is 0 Å². The molecule has 0 unspecified atom stereocenters. The first-order valence-corrected chi connectivity index (χ1v) is 7.20. The highest BCUT2D eigenvalue weighted by molar-refractivity contribution is 7.16. The largest absolute Gasteiger partial charge is 0.320 e. The van der Waals surface area contributed by atoms with E-state index in [0.717, 1.165) is 10.3 Å². The Bertz CT molecular complexity index is 815. The van der Waals surface area contributed by atoms with Gasteiger partial charge in [0.25, 0.3) is 0 Å². The molecule has 2 aromatic carbocycles. The van der Waals surface area contributed by atoms with Crippen molar-refractivity contribution in [1.29, 1.82) is 0 Å². The summed E-state index contributed by atoms with van der Waals surface area (Å²) >= 11 is 1.61. The summed E-state index contributed by atoms with van der Waals surface area (Å²) in [5.74, 6) is 0.0445. The number of thiazole rings is 1. The van der Waals surface area contributed by atoms with Gasteiger partial charge >= 0.3 is 0 Å². The quantitative estimate of drug-likeness (QED) is 0.680. The lowest BCUT2D eigenvalue weighted by Gasteiger charge is -1.97. The molecule has 4 heteroatoms. The molecule has 0 atom stereocenters. The predicted octanol–water partition coefficient (Wildman–Crippen LogP) is 3.02. The lowest BCUT2D eigenvalue weighted by molar-refractivity contribution is 0.100. The van der Waals surface area contributed by atoms with E-state index in [9.17, 15) is 4.79 Å². The van der Waals surface area contributed by atoms with Crippen molar-refractivity contribution in [3.63, 3.8) is 0 Å². The van der Waals surface area contributed by atoms with E-state index in [1.54, 1.807) is 11.3 Å². The Morgan fingerprint density at radius 2 is 1.80 bits per heavy atom. The highest BCUT2D eigenvalue weighted by Gasteiger charge is 2.05. The SMILES string of the molecule is Cn1c(=NCC(=O)c2ccccc2)sc2ccccc21. The van der Waals surface area contributed by atoms with Crippen molar-refractivity contribution in [3.05, 3.63) is 65.0 Å². The van der Waals surface area contributed by atoms with Crippen LogP contribution >= 0.6 is 11.3 Å². The third-order valence-corrected chi connectivity index (χ3v) is 4.32. The molecule has 0 bridgehead atoms. The third-order valence-electron chi connectivity index (χ3n) is 3.17. The number of Topliss-reactive ketones (excluding diaryl/α,β-unsaturated/α-hetero) is 1. The minimum atomic E-state index is 0.0445. The molecule has 3 nitrogen and oxygen atoms in total. The second kappa shape index (κ2) is 5.43. The van der Waals surface area contributed by atoms with Crippen molar-refractivity contribution in [2.45, 2.75) is 0 Å². The van der Waals surface area contributed by atoms with Crippen LogP contribution in [0.15, 0.2) is 59.6 Å². The van der Waals surface area contributed by atoms with Gasteiger partial charge in [0, 0.05) is 12.6 Å². The second-order valence-corrected chi connectivity index (χ2v) is 5.53. The number of carbonyl (C=O) groups excluding carboxylic acids is 1. The first-order chi connectivity index (χ1) is 9.75. The summed E-state index contributed by atoms with van der Waals surface area (Å²) in [6.45, 7) is 0.185. The van der Waals surface area contributed by atoms with Crippen LogP contribution in [-0.4, -0.2) is 16.9 Å². The van der Waals surface area contributed by atoms with E-state index in [1.165, 1.54) is 4.70 Å². The van der Waals surface area contributed by atoms with Crippen LogP contribution in [0.2, 0.25) is 0 Å². The van der Waals surface area contributed by atoms with Gasteiger partial charge in [-0.05, 0) is 12.1 Å². The maximum Gasteiger partial charge on any atom is 0.185 e. The first kappa shape index (κ1) is 12.8. The average molecular weight is 282 g/mol. The molecule has 0 aliphatic carbocycles. The van der Waals surface area contributed by atoms with Gasteiger partial charge in [-0.15, -0.1) is 0 Å². The molecule has 1 heterocycles. The van der Waals surface area contributed by atoms with Crippen LogP contribution in [0.25, 0.3) is 10.2 Å². The highest BCUT2D eigenvalue weighted by Crippen LogP contribution is 2.15. The Kier molecular flexibility index (Phi) is 3.48. The summed E-state index contributed by atoms with van der Waals surface area (Å²) in [5, 5.41) is 0. The lowest BCUT2D eigenvalue weighted by Crippen LogP contribution is -2.13. The molecule has 0 N–H and O–H groups in total. The third kappa shape index (κ3) is 2.42. The van der Waals surface area contributed by atoms with Gasteiger partial charge in [-0.1, -0.05) is 53.8 Å². The Hall–Kier alpha value is -2.20. The number of hydrogen-bond acceptors (Lipinski definition) is 3. The van der Waals surface area contributed by atoms with E-state index in [0.29, 0.717) is 5.56 Å². The van der Waals surface area contributed by atoms with E-state index in [1.807, 2.05) is 54.1 Å². The number of fused-ring (bicyclic) bond motifs is 1. The van der Waals surface area contributed by atoms with Crippen molar-refractivity contribution < 1.29 is 4.79 Å². The number of hydrogen-bond donors (Lipinski definition) is 0. The number of aryl methyl sites for hydroxylation is 1. The number of nitrogens with zero attached hydrogens (tertiary/aromatic N) is 2. The normalized spacial score (nSPS) is 11.9. The van der Waals surface area contributed by atoms with Crippen molar-refractivity contribution in [2.75, 3.05) is 6.54 Å². The van der Waals surface area contributed by atoms with Crippen LogP contribution in [0.3, 0.4) is 0 Å². The molecular weight excluding hydrogens is 268 g/mol. The monoisotopic (exact) mass is 282 g/mol. The minimum Gasteiger partial charge on any atom is -0.320 e. The lowest BCUT2D eigenvalue weighted by atomic mass is 10.1. The van der Waals surface area contributed by atoms with Crippen molar-refractivity contribution >= 4 is 27.3 Å². The molecular formula is C16H14N2OS. The van der Waals surface area contributed by atoms with Gasteiger partial charge < -0.3 is 4.57 Å². The molecule has 1 aromatic heterocycles. The molecule has 3 rings (SSSR count). The summed E-state index contributed by atoms with van der Waals surface area (Å²) in [5.41, 5.74) is 1.85. The molecule has 20 heavy (non-hydrogen) atoms. The standard InChI is InChI=1S/C16H14N2OS/c1-18-13-9-5-6-10-15(13)20-16(18)17-11-14(19)12-7-3-2-4-8-12/h2-10H,11H2,1H3. The highest BCUT2D eigenvalue weighted by atomic mass is 32.1. The Morgan fingerprint density at radius 1 is 1.10 bits per heavy atom. The maximum atomic E-state index is 12.0. The van der Waals surface area contributed by atoms with Gasteiger partial charge in [0.05, 0.1) is 10.2 Å². The zero-order valence-corrected chi connectivity index (χ0v) is 11.9. The van der Waals surface area contributed by atoms with E-state index in [2.05, 4.69) is 17.1 Å². The van der Waals surface area contributed by atoms with E-state index >= 15 is 0 Å². The molecule has 0 aliphatic rings. The fraction of sp³-hybridized carbons (Fsp3) is 0.125. The fourth-order valence-electron chi connectivity index (χ4n) is 2.08. The van der Waals surface area contributed by atoms with Crippen LogP contribution in [0.4, 0.5) is 0 Å². The molecule has 100 valence electrons. The van der Waals surface area contributed by atoms with Gasteiger partial charge in [-0.2, -0.15) is 0 Å². The van der Waals surface area contributed by atoms with Crippen LogP contribution < -0.4 is 4.80 Å². The van der Waals surface area contributed by atoms with Crippen LogP contribution in [0.5, 0.6) is 0 Å². The Morgan fingerprint density at radius 3 is 2.55 bits per heavy atom. The molecule has 0 amide bonds. The second-order valence-electron chi connectivity index (χ2n) is 4.52. The number of aromatic nitrogens is 1. The van der Waals surface area contributed by atoms with Gasteiger partial charge in [0.15, 0.2) is 10.6 Å². The smallest absolute Gasteiger partial charge is 0.185 e. The van der Waals surface area contributed by atoms with Gasteiger partial charge in [-0.3, -0.25) is 9.79 Å². The molecule has 3 aromatic rings. The average Bonchev–Trinajstić information content (AvgIpc) is 2.83. The summed E-state index contributed by atoms with van der Waals surface area (Å²) in [6.07, 6.45) is 0. The van der Waals surface area contributed by atoms with E-state index in [4.69, 9.17) is 0 Å². The number of benzene rings is 2. The first-order valence-electron chi connectivity index (χ1n) is 6.39. The van der Waals surface area contributed by atoms with Gasteiger partial charge in [0.2, 0.25) is 0 Å². The van der Waals surface area contributed by atoms with Crippen LogP contribution in [0.1, 0.15) is 10.4 Å². The van der Waals surface area contributed by atoms with E-state index in [-0.39, 0.29) is 12.3 Å². The minimum absolute atomic E-state index is 0.0445. The molecule has 0 fully saturated rings. The van der Waals surface area contributed by atoms with Crippen molar-refractivity contribution in [3.8, 4) is 0 Å². The van der Waals surface area contributed by atoms with E-state index < -0.39 is 0 Å². The molecule has 0 saturated heterocycles. The Labute approximate surface area is 120 Å². The van der Waals surface area contributed by atoms with Crippen LogP contribution in [-0.2, 0) is 7.05 Å². The van der Waals surface area contributed by atoms with Crippen molar-refractivity contribution in [1.82, 2.24) is 4.57 Å². The molecule has 0 aliphatic heterocycles. The number of carbonyl (C=O) groups is 1. The summed E-state index contributed by atoms with van der Waals surface area (Å²) < 4.78 is 3.21. The van der Waals surface area contributed by atoms with Crippen molar-refractivity contribution in [2.24, 2.45) is 12.0 Å². The summed E-state index contributed by atoms with van der Waals surface area (Å²) in [7, 11) is 1.98. The predicted molar refractivity (Wildman–Crippen MR) is 82.0 cm³/mol. The Balaban J connectivity index is 1.92. The zero-order chi connectivity index (χ0) is 13.9. The molecule has 0 spiro atoms. The maximum absolute atomic E-state index is 12.0. The zero-order valence-electron chi connectivity index (χ0n) is 11.1. The molecule has 0 radical (unpaired) electrons. The summed E-state index contributed by atoms with van der Waals surface area (Å²) in [6, 6.07) is 17.4.